The Morgan fingerprint density at radius 1 is 1.69 bits per heavy atom. The van der Waals surface area contributed by atoms with Crippen LogP contribution in [0, 0.1) is 0 Å². The first-order valence-corrected chi connectivity index (χ1v) is 3.72. The number of nitrogens with zero attached hydrogens (tertiary/aromatic N) is 1. The number of halogens is 2. The quantitative estimate of drug-likeness (QED) is 0.757. The topological polar surface area (TPSA) is 47.3 Å². The highest BCUT2D eigenvalue weighted by Crippen LogP contribution is 2.10. The maximum atomic E-state index is 11.7. The monoisotopic (exact) mass is 192 g/mol. The van der Waals surface area contributed by atoms with Crippen LogP contribution in [0.1, 0.15) is 5.69 Å². The van der Waals surface area contributed by atoms with Crippen LogP contribution < -0.4 is 10.1 Å². The molecule has 74 valence electrons. The fourth-order valence-corrected chi connectivity index (χ4v) is 0.751. The van der Waals surface area contributed by atoms with Crippen molar-refractivity contribution in [1.82, 2.24) is 10.3 Å². The minimum atomic E-state index is -2.51. The van der Waals surface area contributed by atoms with Crippen LogP contribution in [-0.4, -0.2) is 25.1 Å². The van der Waals surface area contributed by atoms with Crippen LogP contribution in [0.3, 0.4) is 0 Å². The van der Waals surface area contributed by atoms with E-state index in [1.165, 1.54) is 6.26 Å². The number of ether oxygens (including phenoxy) is 1. The maximum absolute atomic E-state index is 11.7. The normalized spacial score (nSPS) is 10.8. The van der Waals surface area contributed by atoms with E-state index >= 15 is 0 Å². The number of nitrogens with one attached hydrogen (secondary N) is 1. The first-order valence-electron chi connectivity index (χ1n) is 3.72. The average molecular weight is 192 g/mol. The second-order valence-electron chi connectivity index (χ2n) is 2.34. The summed E-state index contributed by atoms with van der Waals surface area (Å²) in [7, 11) is 1.74. The molecule has 0 saturated heterocycles. The van der Waals surface area contributed by atoms with Crippen molar-refractivity contribution in [3.63, 3.8) is 0 Å². The van der Waals surface area contributed by atoms with E-state index in [1.807, 2.05) is 0 Å². The van der Waals surface area contributed by atoms with Gasteiger partial charge in [-0.1, -0.05) is 0 Å². The van der Waals surface area contributed by atoms with Crippen molar-refractivity contribution in [2.75, 3.05) is 13.7 Å². The van der Waals surface area contributed by atoms with Crippen LogP contribution in [-0.2, 0) is 6.54 Å². The predicted octanol–water partition coefficient (Wildman–Crippen LogP) is 1.04. The Balaban J connectivity index is 2.39. The third kappa shape index (κ3) is 3.37. The van der Waals surface area contributed by atoms with E-state index in [9.17, 15) is 8.78 Å². The van der Waals surface area contributed by atoms with Gasteiger partial charge < -0.3 is 14.5 Å². The summed E-state index contributed by atoms with van der Waals surface area (Å²) in [6.45, 7) is -0.180. The van der Waals surface area contributed by atoms with E-state index in [0.717, 1.165) is 0 Å². The van der Waals surface area contributed by atoms with Gasteiger partial charge in [0, 0.05) is 6.54 Å². The zero-order chi connectivity index (χ0) is 9.68. The molecule has 6 heteroatoms. The minimum Gasteiger partial charge on any atom is -0.444 e. The molecule has 0 spiro atoms. The summed E-state index contributed by atoms with van der Waals surface area (Å²) in [4.78, 5) is 3.79. The fourth-order valence-electron chi connectivity index (χ4n) is 0.751. The van der Waals surface area contributed by atoms with E-state index in [-0.39, 0.29) is 6.08 Å². The summed E-state index contributed by atoms with van der Waals surface area (Å²) >= 11 is 0. The lowest BCUT2D eigenvalue weighted by molar-refractivity contribution is 0.0658. The first-order chi connectivity index (χ1) is 6.22. The zero-order valence-corrected chi connectivity index (χ0v) is 7.09. The van der Waals surface area contributed by atoms with E-state index in [1.54, 1.807) is 7.05 Å². The summed E-state index contributed by atoms with van der Waals surface area (Å²) in [5, 5.41) is 2.84. The molecule has 0 saturated carbocycles. The van der Waals surface area contributed by atoms with Gasteiger partial charge in [-0.15, -0.1) is 0 Å². The molecule has 1 rings (SSSR count). The van der Waals surface area contributed by atoms with Gasteiger partial charge in [0.05, 0.1) is 5.69 Å². The van der Waals surface area contributed by atoms with Gasteiger partial charge in [-0.05, 0) is 7.05 Å². The standard InChI is InChI=1S/C7H10F2N2O2/c1-10-2-5-3-12-7(11-5)13-4-6(8)9/h3,6,10H,2,4H2,1H3. The lowest BCUT2D eigenvalue weighted by Gasteiger charge is -1.97. The highest BCUT2D eigenvalue weighted by molar-refractivity contribution is 4.99. The molecule has 1 heterocycles. The Labute approximate surface area is 73.9 Å². The van der Waals surface area contributed by atoms with Crippen molar-refractivity contribution in [1.29, 1.82) is 0 Å². The molecule has 0 atom stereocenters. The molecular weight excluding hydrogens is 182 g/mol. The van der Waals surface area contributed by atoms with E-state index < -0.39 is 13.0 Å². The number of rotatable bonds is 5. The van der Waals surface area contributed by atoms with Gasteiger partial charge in [0.1, 0.15) is 6.26 Å². The van der Waals surface area contributed by atoms with Crippen LogP contribution in [0.15, 0.2) is 10.7 Å². The highest BCUT2D eigenvalue weighted by atomic mass is 19.3. The summed E-state index contributed by atoms with van der Waals surface area (Å²) in [6.07, 6.45) is -1.28. The van der Waals surface area contributed by atoms with Crippen LogP contribution in [0.5, 0.6) is 6.08 Å². The second kappa shape index (κ2) is 4.76. The molecule has 1 aromatic heterocycles. The van der Waals surface area contributed by atoms with Crippen molar-refractivity contribution in [3.05, 3.63) is 12.0 Å². The van der Waals surface area contributed by atoms with Crippen molar-refractivity contribution in [2.45, 2.75) is 13.0 Å². The van der Waals surface area contributed by atoms with Crippen LogP contribution >= 0.6 is 0 Å². The first kappa shape index (κ1) is 9.91. The fraction of sp³-hybridized carbons (Fsp3) is 0.571. The molecule has 0 fully saturated rings. The molecular formula is C7H10F2N2O2. The van der Waals surface area contributed by atoms with Crippen LogP contribution in [0.4, 0.5) is 8.78 Å². The van der Waals surface area contributed by atoms with Gasteiger partial charge in [-0.25, -0.2) is 8.78 Å². The number of alkyl halides is 2. The predicted molar refractivity (Wildman–Crippen MR) is 40.8 cm³/mol. The lowest BCUT2D eigenvalue weighted by Crippen LogP contribution is -2.08. The largest absolute Gasteiger partial charge is 0.444 e. The third-order valence-corrected chi connectivity index (χ3v) is 1.22. The van der Waals surface area contributed by atoms with Crippen LogP contribution in [0.25, 0.3) is 0 Å². The summed E-state index contributed by atoms with van der Waals surface area (Å²) in [5.74, 6) is 0. The molecule has 0 aliphatic heterocycles. The van der Waals surface area contributed by atoms with Crippen molar-refractivity contribution in [2.24, 2.45) is 0 Å². The molecule has 0 unspecified atom stereocenters. The summed E-state index contributed by atoms with van der Waals surface area (Å²) in [5.41, 5.74) is 0.617. The molecule has 1 aromatic rings. The average Bonchev–Trinajstić information content (AvgIpc) is 2.50. The Hall–Kier alpha value is -1.17. The van der Waals surface area contributed by atoms with Gasteiger partial charge in [0.2, 0.25) is 0 Å². The molecule has 1 N–H and O–H groups in total. The van der Waals surface area contributed by atoms with Gasteiger partial charge in [0.25, 0.3) is 6.43 Å². The minimum absolute atomic E-state index is 0.120. The lowest BCUT2D eigenvalue weighted by atomic mass is 10.5. The van der Waals surface area contributed by atoms with E-state index in [2.05, 4.69) is 15.0 Å². The molecule has 0 radical (unpaired) electrons. The molecule has 0 bridgehead atoms. The molecule has 4 nitrogen and oxygen atoms in total. The molecule has 0 aliphatic carbocycles. The SMILES string of the molecule is CNCc1coc(OCC(F)F)n1. The molecule has 0 aromatic carbocycles. The van der Waals surface area contributed by atoms with E-state index in [0.29, 0.717) is 12.2 Å². The Morgan fingerprint density at radius 2 is 2.46 bits per heavy atom. The van der Waals surface area contributed by atoms with Gasteiger partial charge in [-0.3, -0.25) is 0 Å². The maximum Gasteiger partial charge on any atom is 0.393 e. The third-order valence-electron chi connectivity index (χ3n) is 1.22. The van der Waals surface area contributed by atoms with Gasteiger partial charge in [0.15, 0.2) is 6.61 Å². The molecule has 0 amide bonds. The number of oxazole rings is 1. The van der Waals surface area contributed by atoms with Crippen molar-refractivity contribution in [3.8, 4) is 6.08 Å². The summed E-state index contributed by atoms with van der Waals surface area (Å²) < 4.78 is 32.6. The Morgan fingerprint density at radius 3 is 3.08 bits per heavy atom. The Bertz CT molecular complexity index is 252. The smallest absolute Gasteiger partial charge is 0.393 e. The second-order valence-corrected chi connectivity index (χ2v) is 2.34. The number of hydrogen-bond acceptors (Lipinski definition) is 4. The van der Waals surface area contributed by atoms with Gasteiger partial charge in [-0.2, -0.15) is 4.98 Å². The highest BCUT2D eigenvalue weighted by Gasteiger charge is 2.08. The number of aromatic nitrogens is 1. The summed E-state index contributed by atoms with van der Waals surface area (Å²) in [6, 6.07) is 0. The van der Waals surface area contributed by atoms with Crippen molar-refractivity contribution >= 4 is 0 Å². The van der Waals surface area contributed by atoms with E-state index in [4.69, 9.17) is 4.42 Å². The van der Waals surface area contributed by atoms with Gasteiger partial charge >= 0.3 is 6.08 Å². The van der Waals surface area contributed by atoms with Crippen LogP contribution in [0.2, 0.25) is 0 Å². The molecule has 13 heavy (non-hydrogen) atoms. The number of hydrogen-bond donors (Lipinski definition) is 1. The molecule has 0 aliphatic rings. The Kier molecular flexibility index (Phi) is 3.63. The van der Waals surface area contributed by atoms with Crippen molar-refractivity contribution < 1.29 is 17.9 Å². The zero-order valence-electron chi connectivity index (χ0n) is 7.09.